The Morgan fingerprint density at radius 2 is 1.81 bits per heavy atom. The first-order valence-electron chi connectivity index (χ1n) is 10.0. The number of fused-ring (bicyclic) bond motifs is 1. The Labute approximate surface area is 179 Å². The number of hydrogen-bond acceptors (Lipinski definition) is 5. The van der Waals surface area contributed by atoms with Crippen LogP contribution in [0.4, 0.5) is 0 Å². The highest BCUT2D eigenvalue weighted by Gasteiger charge is 2.15. The van der Waals surface area contributed by atoms with Gasteiger partial charge >= 0.3 is 0 Å². The van der Waals surface area contributed by atoms with Crippen molar-refractivity contribution in [2.75, 3.05) is 6.61 Å². The molecule has 4 aromatic rings. The summed E-state index contributed by atoms with van der Waals surface area (Å²) in [6.07, 6.45) is 3.39. The van der Waals surface area contributed by atoms with E-state index in [1.807, 2.05) is 43.3 Å². The zero-order chi connectivity index (χ0) is 21.6. The first-order valence-corrected chi connectivity index (χ1v) is 10.0. The fraction of sp³-hybridized carbons (Fsp3) is 0.167. The van der Waals surface area contributed by atoms with E-state index < -0.39 is 0 Å². The van der Waals surface area contributed by atoms with Gasteiger partial charge in [0.25, 0.3) is 11.5 Å². The van der Waals surface area contributed by atoms with Crippen LogP contribution in [0, 0.1) is 0 Å². The molecule has 0 saturated heterocycles. The van der Waals surface area contributed by atoms with Crippen molar-refractivity contribution in [3.05, 3.63) is 100 Å². The lowest BCUT2D eigenvalue weighted by atomic mass is 10.1. The number of pyridine rings is 1. The van der Waals surface area contributed by atoms with Crippen molar-refractivity contribution >= 4 is 16.7 Å². The van der Waals surface area contributed by atoms with Crippen LogP contribution >= 0.6 is 0 Å². The average molecular weight is 414 g/mol. The van der Waals surface area contributed by atoms with E-state index in [-0.39, 0.29) is 18.0 Å². The van der Waals surface area contributed by atoms with Crippen molar-refractivity contribution in [3.8, 4) is 5.75 Å². The molecule has 4 rings (SSSR count). The third-order valence-corrected chi connectivity index (χ3v) is 4.85. The number of para-hydroxylation sites is 1. The van der Waals surface area contributed by atoms with E-state index in [9.17, 15) is 9.59 Å². The second-order valence-electron chi connectivity index (χ2n) is 6.93. The van der Waals surface area contributed by atoms with Gasteiger partial charge in [0.05, 0.1) is 36.3 Å². The summed E-state index contributed by atoms with van der Waals surface area (Å²) in [4.78, 5) is 29.8. The zero-order valence-corrected chi connectivity index (χ0v) is 17.1. The highest BCUT2D eigenvalue weighted by atomic mass is 16.5. The van der Waals surface area contributed by atoms with Gasteiger partial charge in [-0.2, -0.15) is 5.10 Å². The van der Waals surface area contributed by atoms with Crippen molar-refractivity contribution in [2.24, 2.45) is 0 Å². The molecule has 0 saturated carbocycles. The van der Waals surface area contributed by atoms with Crippen molar-refractivity contribution in [1.29, 1.82) is 0 Å². The minimum atomic E-state index is -0.264. The molecule has 0 fully saturated rings. The maximum atomic E-state index is 12.9. The van der Waals surface area contributed by atoms with Gasteiger partial charge in [-0.1, -0.05) is 36.4 Å². The molecular weight excluding hydrogens is 392 g/mol. The molecule has 2 heterocycles. The summed E-state index contributed by atoms with van der Waals surface area (Å²) in [6, 6.07) is 18.1. The van der Waals surface area contributed by atoms with Gasteiger partial charge in [0, 0.05) is 17.8 Å². The SMILES string of the molecule is CCOc1ccccc1C(=O)NCc1nn(Cc2cccnc2)c(=O)c2ccccc12. The molecular formula is C24H22N4O3. The molecule has 2 aromatic carbocycles. The van der Waals surface area contributed by atoms with Gasteiger partial charge in [0.2, 0.25) is 0 Å². The number of carbonyl (C=O) groups is 1. The zero-order valence-electron chi connectivity index (χ0n) is 17.1. The Morgan fingerprint density at radius 3 is 2.58 bits per heavy atom. The Hall–Kier alpha value is -4.00. The molecule has 156 valence electrons. The maximum absolute atomic E-state index is 12.9. The first-order chi connectivity index (χ1) is 15.2. The minimum Gasteiger partial charge on any atom is -0.493 e. The lowest BCUT2D eigenvalue weighted by molar-refractivity contribution is 0.0946. The summed E-state index contributed by atoms with van der Waals surface area (Å²) in [5.41, 5.74) is 1.75. The number of aromatic nitrogens is 3. The third-order valence-electron chi connectivity index (χ3n) is 4.85. The molecule has 0 spiro atoms. The highest BCUT2D eigenvalue weighted by Crippen LogP contribution is 2.18. The molecule has 0 radical (unpaired) electrons. The molecule has 2 aromatic heterocycles. The molecule has 0 aliphatic rings. The topological polar surface area (TPSA) is 86.1 Å². The predicted molar refractivity (Wildman–Crippen MR) is 118 cm³/mol. The highest BCUT2D eigenvalue weighted by molar-refractivity contribution is 5.97. The third kappa shape index (κ3) is 4.45. The molecule has 0 aliphatic heterocycles. The largest absolute Gasteiger partial charge is 0.493 e. The lowest BCUT2D eigenvalue weighted by Gasteiger charge is -2.13. The second-order valence-corrected chi connectivity index (χ2v) is 6.93. The van der Waals surface area contributed by atoms with Crippen molar-refractivity contribution < 1.29 is 9.53 Å². The first kappa shape index (κ1) is 20.3. The summed E-state index contributed by atoms with van der Waals surface area (Å²) in [7, 11) is 0. The van der Waals surface area contributed by atoms with Crippen LogP contribution in [-0.2, 0) is 13.1 Å². The van der Waals surface area contributed by atoms with Gasteiger partial charge in [-0.05, 0) is 36.8 Å². The molecule has 31 heavy (non-hydrogen) atoms. The van der Waals surface area contributed by atoms with E-state index in [2.05, 4.69) is 15.4 Å². The Balaban J connectivity index is 1.65. The van der Waals surface area contributed by atoms with Gasteiger partial charge in [-0.15, -0.1) is 0 Å². The van der Waals surface area contributed by atoms with Crippen LogP contribution in [0.5, 0.6) is 5.75 Å². The average Bonchev–Trinajstić information content (AvgIpc) is 2.81. The number of carbonyl (C=O) groups excluding carboxylic acids is 1. The smallest absolute Gasteiger partial charge is 0.274 e. The standard InChI is InChI=1S/C24H22N4O3/c1-2-31-22-12-6-5-11-20(22)23(29)26-15-21-18-9-3-4-10-19(18)24(30)28(27-21)16-17-8-7-13-25-14-17/h3-14H,2,15-16H2,1H3,(H,26,29). The summed E-state index contributed by atoms with van der Waals surface area (Å²) < 4.78 is 6.97. The van der Waals surface area contributed by atoms with E-state index in [1.54, 1.807) is 36.7 Å². The van der Waals surface area contributed by atoms with Gasteiger partial charge in [-0.25, -0.2) is 4.68 Å². The summed E-state index contributed by atoms with van der Waals surface area (Å²) in [5, 5.41) is 8.73. The van der Waals surface area contributed by atoms with Crippen LogP contribution < -0.4 is 15.6 Å². The number of hydrogen-bond donors (Lipinski definition) is 1. The van der Waals surface area contributed by atoms with Crippen LogP contribution in [0.15, 0.2) is 77.9 Å². The molecule has 0 atom stereocenters. The van der Waals surface area contributed by atoms with Crippen molar-refractivity contribution in [2.45, 2.75) is 20.0 Å². The van der Waals surface area contributed by atoms with Gasteiger partial charge in [-0.3, -0.25) is 14.6 Å². The van der Waals surface area contributed by atoms with Gasteiger partial charge < -0.3 is 10.1 Å². The van der Waals surface area contributed by atoms with E-state index in [0.29, 0.717) is 40.9 Å². The molecule has 7 nitrogen and oxygen atoms in total. The Kier molecular flexibility index (Phi) is 6.03. The molecule has 1 N–H and O–H groups in total. The molecule has 0 aliphatic carbocycles. The quantitative estimate of drug-likeness (QED) is 0.502. The van der Waals surface area contributed by atoms with Crippen LogP contribution in [-0.4, -0.2) is 27.3 Å². The molecule has 7 heteroatoms. The Bertz CT molecular complexity index is 1270. The molecule has 0 bridgehead atoms. The van der Waals surface area contributed by atoms with Crippen molar-refractivity contribution in [1.82, 2.24) is 20.1 Å². The second kappa shape index (κ2) is 9.21. The van der Waals surface area contributed by atoms with Crippen LogP contribution in [0.1, 0.15) is 28.5 Å². The van der Waals surface area contributed by atoms with E-state index in [1.165, 1.54) is 4.68 Å². The summed E-state index contributed by atoms with van der Waals surface area (Å²) >= 11 is 0. The predicted octanol–water partition coefficient (Wildman–Crippen LogP) is 3.17. The maximum Gasteiger partial charge on any atom is 0.274 e. The normalized spacial score (nSPS) is 10.7. The van der Waals surface area contributed by atoms with E-state index in [0.717, 1.165) is 5.56 Å². The van der Waals surface area contributed by atoms with Gasteiger partial charge in [0.15, 0.2) is 0 Å². The number of nitrogens with one attached hydrogen (secondary N) is 1. The number of benzene rings is 2. The number of ether oxygens (including phenoxy) is 1. The minimum absolute atomic E-state index is 0.174. The Morgan fingerprint density at radius 1 is 1.03 bits per heavy atom. The monoisotopic (exact) mass is 414 g/mol. The summed E-state index contributed by atoms with van der Waals surface area (Å²) in [6.45, 7) is 2.81. The number of rotatable bonds is 7. The van der Waals surface area contributed by atoms with Crippen LogP contribution in [0.3, 0.4) is 0 Å². The van der Waals surface area contributed by atoms with Crippen molar-refractivity contribution in [3.63, 3.8) is 0 Å². The molecule has 0 unspecified atom stereocenters. The summed E-state index contributed by atoms with van der Waals surface area (Å²) in [5.74, 6) is 0.266. The number of amides is 1. The molecule has 1 amide bonds. The van der Waals surface area contributed by atoms with Crippen LogP contribution in [0.2, 0.25) is 0 Å². The van der Waals surface area contributed by atoms with E-state index >= 15 is 0 Å². The fourth-order valence-corrected chi connectivity index (χ4v) is 3.40. The fourth-order valence-electron chi connectivity index (χ4n) is 3.40. The lowest BCUT2D eigenvalue weighted by Crippen LogP contribution is -2.29. The number of nitrogens with zero attached hydrogens (tertiary/aromatic N) is 3. The van der Waals surface area contributed by atoms with Gasteiger partial charge in [0.1, 0.15) is 5.75 Å². The van der Waals surface area contributed by atoms with E-state index in [4.69, 9.17) is 4.74 Å². The van der Waals surface area contributed by atoms with Crippen LogP contribution in [0.25, 0.3) is 10.8 Å².